The van der Waals surface area contributed by atoms with Gasteiger partial charge in [-0.2, -0.15) is 0 Å². The molecule has 1 heterocycles. The molecule has 0 aromatic rings. The summed E-state index contributed by atoms with van der Waals surface area (Å²) in [4.78, 5) is 4.02. The van der Waals surface area contributed by atoms with Crippen molar-refractivity contribution in [3.8, 4) is 0 Å². The molecule has 1 atom stereocenters. The molecule has 0 amide bonds. The molecule has 1 rings (SSSR count). The van der Waals surface area contributed by atoms with Crippen molar-refractivity contribution in [2.75, 3.05) is 0 Å². The summed E-state index contributed by atoms with van der Waals surface area (Å²) in [5.74, 6) is 0. The van der Waals surface area contributed by atoms with E-state index in [9.17, 15) is 0 Å². The fourth-order valence-corrected chi connectivity index (χ4v) is 0.821. The summed E-state index contributed by atoms with van der Waals surface area (Å²) in [5.41, 5.74) is 1.01. The first-order chi connectivity index (χ1) is 4.83. The van der Waals surface area contributed by atoms with Gasteiger partial charge in [-0.15, -0.1) is 0 Å². The SMILES string of the molecule is CCCC1=CNC(O)C=N1. The number of nitrogens with zero attached hydrogens (tertiary/aromatic N) is 1. The van der Waals surface area contributed by atoms with E-state index < -0.39 is 6.23 Å². The maximum atomic E-state index is 8.89. The molecule has 3 heteroatoms. The van der Waals surface area contributed by atoms with Crippen LogP contribution >= 0.6 is 0 Å². The van der Waals surface area contributed by atoms with Crippen LogP contribution in [0.4, 0.5) is 0 Å². The summed E-state index contributed by atoms with van der Waals surface area (Å²) in [5, 5.41) is 11.7. The van der Waals surface area contributed by atoms with Crippen molar-refractivity contribution in [3.63, 3.8) is 0 Å². The third-order valence-corrected chi connectivity index (χ3v) is 1.31. The highest BCUT2D eigenvalue weighted by Crippen LogP contribution is 2.06. The first kappa shape index (κ1) is 7.28. The molecular formula is C7H12N2O. The Morgan fingerprint density at radius 1 is 1.80 bits per heavy atom. The van der Waals surface area contributed by atoms with Crippen molar-refractivity contribution >= 4 is 6.21 Å². The van der Waals surface area contributed by atoms with Crippen molar-refractivity contribution in [1.82, 2.24) is 5.32 Å². The lowest BCUT2D eigenvalue weighted by Crippen LogP contribution is -2.27. The smallest absolute Gasteiger partial charge is 0.160 e. The first-order valence-electron chi connectivity index (χ1n) is 3.50. The minimum Gasteiger partial charge on any atom is -0.369 e. The highest BCUT2D eigenvalue weighted by Gasteiger charge is 2.02. The van der Waals surface area contributed by atoms with Gasteiger partial charge in [0.2, 0.25) is 0 Å². The average Bonchev–Trinajstić information content (AvgIpc) is 1.95. The van der Waals surface area contributed by atoms with E-state index >= 15 is 0 Å². The standard InChI is InChI=1S/C7H12N2O/c1-2-3-6-4-9-7(10)5-8-6/h4-5,7,9-10H,2-3H2,1H3. The number of rotatable bonds is 2. The molecule has 0 fully saturated rings. The third-order valence-electron chi connectivity index (χ3n) is 1.31. The van der Waals surface area contributed by atoms with Crippen LogP contribution in [0.2, 0.25) is 0 Å². The van der Waals surface area contributed by atoms with Crippen LogP contribution < -0.4 is 5.32 Å². The summed E-state index contributed by atoms with van der Waals surface area (Å²) in [6.07, 6.45) is 4.72. The predicted octanol–water partition coefficient (Wildman–Crippen LogP) is 0.620. The molecule has 0 radical (unpaired) electrons. The van der Waals surface area contributed by atoms with Crippen molar-refractivity contribution in [2.45, 2.75) is 26.0 Å². The van der Waals surface area contributed by atoms with Gasteiger partial charge in [0.05, 0.1) is 11.9 Å². The van der Waals surface area contributed by atoms with Gasteiger partial charge in [-0.05, 0) is 6.42 Å². The highest BCUT2D eigenvalue weighted by atomic mass is 16.3. The molecular weight excluding hydrogens is 128 g/mol. The van der Waals surface area contributed by atoms with E-state index in [0.29, 0.717) is 0 Å². The number of allylic oxidation sites excluding steroid dienone is 1. The van der Waals surface area contributed by atoms with Crippen LogP contribution in [-0.4, -0.2) is 17.5 Å². The Balaban J connectivity index is 2.42. The number of hydrogen-bond donors (Lipinski definition) is 2. The monoisotopic (exact) mass is 140 g/mol. The quantitative estimate of drug-likeness (QED) is 0.590. The normalized spacial score (nSPS) is 23.8. The lowest BCUT2D eigenvalue weighted by atomic mass is 10.2. The summed E-state index contributed by atoms with van der Waals surface area (Å²) < 4.78 is 0. The van der Waals surface area contributed by atoms with E-state index in [1.54, 1.807) is 6.20 Å². The van der Waals surface area contributed by atoms with Gasteiger partial charge in [0.15, 0.2) is 6.23 Å². The van der Waals surface area contributed by atoms with E-state index in [2.05, 4.69) is 17.2 Å². The van der Waals surface area contributed by atoms with Gasteiger partial charge in [0.25, 0.3) is 0 Å². The Bertz CT molecular complexity index is 163. The molecule has 3 nitrogen and oxygen atoms in total. The average molecular weight is 140 g/mol. The maximum Gasteiger partial charge on any atom is 0.160 e. The molecule has 1 aliphatic heterocycles. The van der Waals surface area contributed by atoms with Gasteiger partial charge < -0.3 is 10.4 Å². The number of nitrogens with one attached hydrogen (secondary N) is 1. The molecule has 0 aromatic carbocycles. The van der Waals surface area contributed by atoms with Crippen molar-refractivity contribution in [2.24, 2.45) is 4.99 Å². The Labute approximate surface area is 60.5 Å². The number of aliphatic hydroxyl groups excluding tert-OH is 1. The van der Waals surface area contributed by atoms with Crippen LogP contribution in [0.3, 0.4) is 0 Å². The van der Waals surface area contributed by atoms with E-state index in [1.807, 2.05) is 0 Å². The largest absolute Gasteiger partial charge is 0.369 e. The second kappa shape index (κ2) is 3.37. The molecule has 1 unspecified atom stereocenters. The Kier molecular flexibility index (Phi) is 2.45. The lowest BCUT2D eigenvalue weighted by molar-refractivity contribution is 0.223. The van der Waals surface area contributed by atoms with Crippen LogP contribution in [0.25, 0.3) is 0 Å². The second-order valence-corrected chi connectivity index (χ2v) is 2.28. The first-order valence-corrected chi connectivity index (χ1v) is 3.50. The van der Waals surface area contributed by atoms with Gasteiger partial charge in [0, 0.05) is 6.20 Å². The molecule has 0 saturated heterocycles. The van der Waals surface area contributed by atoms with Gasteiger partial charge in [-0.3, -0.25) is 4.99 Å². The van der Waals surface area contributed by atoms with E-state index in [1.165, 1.54) is 6.21 Å². The minimum absolute atomic E-state index is 0.597. The predicted molar refractivity (Wildman–Crippen MR) is 40.6 cm³/mol. The summed E-state index contributed by atoms with van der Waals surface area (Å²) in [7, 11) is 0. The molecule has 0 saturated carbocycles. The number of aliphatic imine (C=N–C) groups is 1. The zero-order valence-electron chi connectivity index (χ0n) is 6.04. The van der Waals surface area contributed by atoms with Gasteiger partial charge in [0.1, 0.15) is 0 Å². The molecule has 2 N–H and O–H groups in total. The summed E-state index contributed by atoms with van der Waals surface area (Å²) >= 11 is 0. The molecule has 1 aliphatic rings. The summed E-state index contributed by atoms with van der Waals surface area (Å²) in [6, 6.07) is 0. The topological polar surface area (TPSA) is 44.6 Å². The van der Waals surface area contributed by atoms with Gasteiger partial charge in [-0.1, -0.05) is 13.3 Å². The van der Waals surface area contributed by atoms with Crippen LogP contribution in [0, 0.1) is 0 Å². The third kappa shape index (κ3) is 1.84. The van der Waals surface area contributed by atoms with E-state index in [-0.39, 0.29) is 0 Å². The van der Waals surface area contributed by atoms with Crippen molar-refractivity contribution < 1.29 is 5.11 Å². The number of aliphatic hydroxyl groups is 1. The second-order valence-electron chi connectivity index (χ2n) is 2.28. The van der Waals surface area contributed by atoms with Crippen LogP contribution in [0.1, 0.15) is 19.8 Å². The fourth-order valence-electron chi connectivity index (χ4n) is 0.821. The summed E-state index contributed by atoms with van der Waals surface area (Å²) in [6.45, 7) is 2.10. The molecule has 0 spiro atoms. The minimum atomic E-state index is -0.597. The Hall–Kier alpha value is -0.830. The fraction of sp³-hybridized carbons (Fsp3) is 0.571. The number of hydrogen-bond acceptors (Lipinski definition) is 3. The Morgan fingerprint density at radius 3 is 3.10 bits per heavy atom. The van der Waals surface area contributed by atoms with Crippen molar-refractivity contribution in [1.29, 1.82) is 0 Å². The molecule has 0 bridgehead atoms. The van der Waals surface area contributed by atoms with E-state index in [4.69, 9.17) is 5.11 Å². The highest BCUT2D eigenvalue weighted by molar-refractivity contribution is 5.65. The molecule has 10 heavy (non-hydrogen) atoms. The van der Waals surface area contributed by atoms with Crippen LogP contribution in [0.5, 0.6) is 0 Å². The molecule has 56 valence electrons. The molecule has 0 aliphatic carbocycles. The molecule has 0 aromatic heterocycles. The zero-order valence-corrected chi connectivity index (χ0v) is 6.04. The Morgan fingerprint density at radius 2 is 2.60 bits per heavy atom. The zero-order chi connectivity index (χ0) is 7.40. The lowest BCUT2D eigenvalue weighted by Gasteiger charge is -2.11. The van der Waals surface area contributed by atoms with Crippen LogP contribution in [0.15, 0.2) is 16.9 Å². The van der Waals surface area contributed by atoms with Gasteiger partial charge >= 0.3 is 0 Å². The maximum absolute atomic E-state index is 8.89. The van der Waals surface area contributed by atoms with Gasteiger partial charge in [-0.25, -0.2) is 0 Å². The van der Waals surface area contributed by atoms with Crippen molar-refractivity contribution in [3.05, 3.63) is 11.9 Å². The van der Waals surface area contributed by atoms with E-state index in [0.717, 1.165) is 18.5 Å². The van der Waals surface area contributed by atoms with Crippen LogP contribution in [-0.2, 0) is 0 Å².